The number of carbonyl (C=O) groups excluding carboxylic acids is 2. The Morgan fingerprint density at radius 3 is 2.52 bits per heavy atom. The molecule has 0 saturated heterocycles. The summed E-state index contributed by atoms with van der Waals surface area (Å²) in [4.78, 5) is 32.6. The molecule has 0 radical (unpaired) electrons. The predicted molar refractivity (Wildman–Crippen MR) is 116 cm³/mol. The Morgan fingerprint density at radius 2 is 1.69 bits per heavy atom. The second-order valence-corrected chi connectivity index (χ2v) is 7.89. The van der Waals surface area contributed by atoms with E-state index in [9.17, 15) is 9.59 Å². The first-order valence-corrected chi connectivity index (χ1v) is 10.1. The van der Waals surface area contributed by atoms with E-state index < -0.39 is 5.92 Å². The molecular weight excluding hydrogens is 382 g/mol. The van der Waals surface area contributed by atoms with Gasteiger partial charge in [-0.05, 0) is 36.4 Å². The molecule has 5 nitrogen and oxygen atoms in total. The maximum atomic E-state index is 13.1. The van der Waals surface area contributed by atoms with Crippen LogP contribution in [0.5, 0.6) is 0 Å². The smallest absolute Gasteiger partial charge is 0.238 e. The molecule has 1 aromatic heterocycles. The van der Waals surface area contributed by atoms with E-state index in [4.69, 9.17) is 0 Å². The van der Waals surface area contributed by atoms with Gasteiger partial charge in [-0.15, -0.1) is 0 Å². The van der Waals surface area contributed by atoms with Crippen molar-refractivity contribution in [1.82, 2.24) is 4.98 Å². The summed E-state index contributed by atoms with van der Waals surface area (Å²) >= 11 is 1.41. The number of thiazole rings is 1. The number of ketones is 1. The maximum Gasteiger partial charge on any atom is 0.238 e. The number of hydrogen-bond donors (Lipinski definition) is 1. The van der Waals surface area contributed by atoms with Crippen LogP contribution in [-0.4, -0.2) is 23.2 Å². The van der Waals surface area contributed by atoms with Gasteiger partial charge in [-0.25, -0.2) is 4.98 Å². The number of fused-ring (bicyclic) bond motifs is 2. The third-order valence-electron chi connectivity index (χ3n) is 5.05. The first kappa shape index (κ1) is 17.6. The quantitative estimate of drug-likeness (QED) is 0.499. The van der Waals surface area contributed by atoms with Gasteiger partial charge in [0.1, 0.15) is 5.92 Å². The van der Waals surface area contributed by atoms with Crippen LogP contribution in [0.3, 0.4) is 0 Å². The first-order chi connectivity index (χ1) is 14.2. The van der Waals surface area contributed by atoms with Gasteiger partial charge in [-0.2, -0.15) is 0 Å². The first-order valence-electron chi connectivity index (χ1n) is 9.33. The van der Waals surface area contributed by atoms with Crippen LogP contribution in [0, 0.1) is 5.92 Å². The average Bonchev–Trinajstić information content (AvgIpc) is 3.17. The third-order valence-corrected chi connectivity index (χ3v) is 6.00. The number of hydrogen-bond acceptors (Lipinski definition) is 5. The minimum atomic E-state index is -0.808. The van der Waals surface area contributed by atoms with Gasteiger partial charge in [0.15, 0.2) is 10.9 Å². The standard InChI is InChI=1S/C23H17N3O2S/c27-21-16-10-4-6-12-19(16)26(15-8-2-1-3-9-15)14-17(21)22(28)25-23-24-18-11-5-7-13-20(18)29-23/h1-13,17H,14H2,(H,24,25,28). The zero-order chi connectivity index (χ0) is 19.8. The van der Waals surface area contributed by atoms with Gasteiger partial charge in [-0.1, -0.05) is 53.8 Å². The number of Topliss-reactive ketones (excluding diaryl/α,β-unsaturated/α-hetero) is 1. The fourth-order valence-corrected chi connectivity index (χ4v) is 4.51. The lowest BCUT2D eigenvalue weighted by molar-refractivity contribution is -0.118. The van der Waals surface area contributed by atoms with Crippen LogP contribution in [0.2, 0.25) is 0 Å². The van der Waals surface area contributed by atoms with E-state index in [0.717, 1.165) is 21.6 Å². The number of anilines is 3. The Morgan fingerprint density at radius 1 is 0.966 bits per heavy atom. The SMILES string of the molecule is O=C(Nc1nc2ccccc2s1)C1CN(c2ccccc2)c2ccccc2C1=O. The van der Waals surface area contributed by atoms with Gasteiger partial charge in [0.05, 0.1) is 15.9 Å². The highest BCUT2D eigenvalue weighted by atomic mass is 32.1. The summed E-state index contributed by atoms with van der Waals surface area (Å²) in [6.07, 6.45) is 0. The van der Waals surface area contributed by atoms with Gasteiger partial charge in [-0.3, -0.25) is 9.59 Å². The Bertz CT molecular complexity index is 1190. The summed E-state index contributed by atoms with van der Waals surface area (Å²) in [5.41, 5.74) is 3.17. The molecular formula is C23H17N3O2S. The van der Waals surface area contributed by atoms with Crippen molar-refractivity contribution in [1.29, 1.82) is 0 Å². The average molecular weight is 399 g/mol. The van der Waals surface area contributed by atoms with Gasteiger partial charge in [0, 0.05) is 17.8 Å². The van der Waals surface area contributed by atoms with Crippen molar-refractivity contribution in [3.05, 3.63) is 84.4 Å². The molecule has 0 bridgehead atoms. The Kier molecular flexibility index (Phi) is 4.33. The van der Waals surface area contributed by atoms with Crippen molar-refractivity contribution in [3.63, 3.8) is 0 Å². The minimum Gasteiger partial charge on any atom is -0.340 e. The number of carbonyl (C=O) groups is 2. The lowest BCUT2D eigenvalue weighted by Gasteiger charge is -2.34. The van der Waals surface area contributed by atoms with Crippen LogP contribution in [0.15, 0.2) is 78.9 Å². The lowest BCUT2D eigenvalue weighted by atomic mass is 9.90. The molecule has 6 heteroatoms. The normalized spacial score (nSPS) is 15.9. The molecule has 1 atom stereocenters. The molecule has 1 aliphatic heterocycles. The third kappa shape index (κ3) is 3.17. The molecule has 1 amide bonds. The Balaban J connectivity index is 1.48. The molecule has 5 rings (SSSR count). The van der Waals surface area contributed by atoms with Gasteiger partial charge >= 0.3 is 0 Å². The summed E-state index contributed by atoms with van der Waals surface area (Å²) in [6.45, 7) is 0.288. The molecule has 4 aromatic rings. The molecule has 29 heavy (non-hydrogen) atoms. The van der Waals surface area contributed by atoms with Crippen LogP contribution in [-0.2, 0) is 4.79 Å². The summed E-state index contributed by atoms with van der Waals surface area (Å²) in [7, 11) is 0. The van der Waals surface area contributed by atoms with Gasteiger partial charge in [0.2, 0.25) is 5.91 Å². The van der Waals surface area contributed by atoms with Gasteiger partial charge < -0.3 is 10.2 Å². The van der Waals surface area contributed by atoms with Crippen molar-refractivity contribution in [3.8, 4) is 0 Å². The molecule has 2 heterocycles. The summed E-state index contributed by atoms with van der Waals surface area (Å²) in [5.74, 6) is -1.30. The monoisotopic (exact) mass is 399 g/mol. The molecule has 0 fully saturated rings. The van der Waals surface area contributed by atoms with E-state index in [-0.39, 0.29) is 18.2 Å². The highest BCUT2D eigenvalue weighted by Crippen LogP contribution is 2.36. The zero-order valence-corrected chi connectivity index (χ0v) is 16.2. The summed E-state index contributed by atoms with van der Waals surface area (Å²) in [6, 6.07) is 25.0. The second-order valence-electron chi connectivity index (χ2n) is 6.86. The van der Waals surface area contributed by atoms with E-state index >= 15 is 0 Å². The number of nitrogens with one attached hydrogen (secondary N) is 1. The second kappa shape index (κ2) is 7.14. The Hall–Kier alpha value is -3.51. The van der Waals surface area contributed by atoms with Crippen molar-refractivity contribution in [2.75, 3.05) is 16.8 Å². The molecule has 142 valence electrons. The van der Waals surface area contributed by atoms with E-state index in [1.165, 1.54) is 11.3 Å². The molecule has 1 aliphatic rings. The number of benzene rings is 3. The molecule has 3 aromatic carbocycles. The molecule has 1 unspecified atom stereocenters. The van der Waals surface area contributed by atoms with Crippen LogP contribution < -0.4 is 10.2 Å². The van der Waals surface area contributed by atoms with Crippen molar-refractivity contribution < 1.29 is 9.59 Å². The number of para-hydroxylation sites is 3. The summed E-state index contributed by atoms with van der Waals surface area (Å²) < 4.78 is 0.994. The number of nitrogens with zero attached hydrogens (tertiary/aromatic N) is 2. The molecule has 0 saturated carbocycles. The Labute approximate surface area is 171 Å². The molecule has 0 aliphatic carbocycles. The highest BCUT2D eigenvalue weighted by molar-refractivity contribution is 7.22. The van der Waals surface area contributed by atoms with E-state index in [1.807, 2.05) is 77.7 Å². The van der Waals surface area contributed by atoms with Crippen LogP contribution >= 0.6 is 11.3 Å². The van der Waals surface area contributed by atoms with Crippen LogP contribution in [0.25, 0.3) is 10.2 Å². The lowest BCUT2D eigenvalue weighted by Crippen LogP contribution is -2.42. The fourth-order valence-electron chi connectivity index (χ4n) is 3.64. The van der Waals surface area contributed by atoms with Gasteiger partial charge in [0.25, 0.3) is 0 Å². The minimum absolute atomic E-state index is 0.161. The van der Waals surface area contributed by atoms with Crippen LogP contribution in [0.4, 0.5) is 16.5 Å². The zero-order valence-electron chi connectivity index (χ0n) is 15.4. The topological polar surface area (TPSA) is 62.3 Å². The molecule has 1 N–H and O–H groups in total. The number of amides is 1. The maximum absolute atomic E-state index is 13.1. The van der Waals surface area contributed by atoms with E-state index in [2.05, 4.69) is 10.3 Å². The number of aromatic nitrogens is 1. The highest BCUT2D eigenvalue weighted by Gasteiger charge is 2.37. The summed E-state index contributed by atoms with van der Waals surface area (Å²) in [5, 5.41) is 3.36. The van der Waals surface area contributed by atoms with Crippen molar-refractivity contribution >= 4 is 49.8 Å². The largest absolute Gasteiger partial charge is 0.340 e. The van der Waals surface area contributed by atoms with E-state index in [0.29, 0.717) is 10.7 Å². The molecule has 0 spiro atoms. The predicted octanol–water partition coefficient (Wildman–Crippen LogP) is 4.89. The van der Waals surface area contributed by atoms with Crippen molar-refractivity contribution in [2.45, 2.75) is 0 Å². The van der Waals surface area contributed by atoms with E-state index in [1.54, 1.807) is 6.07 Å². The van der Waals surface area contributed by atoms with Crippen LogP contribution in [0.1, 0.15) is 10.4 Å². The fraction of sp³-hybridized carbons (Fsp3) is 0.0870. The number of rotatable bonds is 3. The van der Waals surface area contributed by atoms with Crippen molar-refractivity contribution in [2.24, 2.45) is 5.92 Å².